The fourth-order valence-corrected chi connectivity index (χ4v) is 1.00. The highest BCUT2D eigenvalue weighted by Gasteiger charge is 2.13. The van der Waals surface area contributed by atoms with E-state index in [0.717, 1.165) is 5.56 Å². The van der Waals surface area contributed by atoms with E-state index in [1.54, 1.807) is 31.2 Å². The van der Waals surface area contributed by atoms with Gasteiger partial charge in [0.2, 0.25) is 0 Å². The van der Waals surface area contributed by atoms with Gasteiger partial charge < -0.3 is 5.73 Å². The summed E-state index contributed by atoms with van der Waals surface area (Å²) in [7, 11) is 0. The molecule has 0 saturated carbocycles. The van der Waals surface area contributed by atoms with Crippen LogP contribution < -0.4 is 10.7 Å². The van der Waals surface area contributed by atoms with E-state index in [1.807, 2.05) is 0 Å². The van der Waals surface area contributed by atoms with Gasteiger partial charge in [-0.2, -0.15) is 0 Å². The molecule has 0 aliphatic carbocycles. The highest BCUT2D eigenvalue weighted by Crippen LogP contribution is 2.18. The SMILES string of the molecule is Cc1ccccc1N(N=O)C(N)=O. The summed E-state index contributed by atoms with van der Waals surface area (Å²) in [6, 6.07) is 5.97. The zero-order valence-corrected chi connectivity index (χ0v) is 7.10. The second-order valence-electron chi connectivity index (χ2n) is 2.52. The average Bonchev–Trinajstić information content (AvgIpc) is 2.09. The van der Waals surface area contributed by atoms with Gasteiger partial charge in [-0.25, -0.2) is 4.79 Å². The molecule has 5 heteroatoms. The molecular formula is C8H9N3O2. The molecule has 5 nitrogen and oxygen atoms in total. The van der Waals surface area contributed by atoms with Gasteiger partial charge in [-0.3, -0.25) is 0 Å². The summed E-state index contributed by atoms with van der Waals surface area (Å²) < 4.78 is 0. The number of amides is 2. The van der Waals surface area contributed by atoms with Gasteiger partial charge >= 0.3 is 6.03 Å². The van der Waals surface area contributed by atoms with Crippen molar-refractivity contribution in [1.82, 2.24) is 0 Å². The molecule has 0 bridgehead atoms. The quantitative estimate of drug-likeness (QED) is 0.552. The van der Waals surface area contributed by atoms with Gasteiger partial charge in [0, 0.05) is 0 Å². The van der Waals surface area contributed by atoms with Crippen molar-refractivity contribution in [3.05, 3.63) is 34.7 Å². The normalized spacial score (nSPS) is 9.31. The molecule has 2 N–H and O–H groups in total. The highest BCUT2D eigenvalue weighted by molar-refractivity contribution is 5.90. The number of urea groups is 1. The monoisotopic (exact) mass is 179 g/mol. The summed E-state index contributed by atoms with van der Waals surface area (Å²) in [5.41, 5.74) is 6.11. The van der Waals surface area contributed by atoms with E-state index in [0.29, 0.717) is 10.7 Å². The lowest BCUT2D eigenvalue weighted by molar-refractivity contribution is 0.254. The van der Waals surface area contributed by atoms with Crippen LogP contribution in [-0.2, 0) is 0 Å². The Labute approximate surface area is 75.1 Å². The maximum absolute atomic E-state index is 10.7. The molecule has 0 spiro atoms. The van der Waals surface area contributed by atoms with Gasteiger partial charge in [0.25, 0.3) is 0 Å². The molecule has 0 aliphatic rings. The molecule has 0 heterocycles. The van der Waals surface area contributed by atoms with Crippen LogP contribution in [0.5, 0.6) is 0 Å². The van der Waals surface area contributed by atoms with E-state index in [4.69, 9.17) is 5.73 Å². The number of primary amides is 1. The van der Waals surface area contributed by atoms with Crippen molar-refractivity contribution in [3.63, 3.8) is 0 Å². The van der Waals surface area contributed by atoms with E-state index in [-0.39, 0.29) is 0 Å². The van der Waals surface area contributed by atoms with Crippen molar-refractivity contribution < 1.29 is 4.79 Å². The molecule has 0 unspecified atom stereocenters. The smallest absolute Gasteiger partial charge is 0.342 e. The molecule has 0 saturated heterocycles. The number of nitrogens with zero attached hydrogens (tertiary/aromatic N) is 2. The van der Waals surface area contributed by atoms with Crippen LogP contribution in [0.1, 0.15) is 5.56 Å². The van der Waals surface area contributed by atoms with Crippen molar-refractivity contribution in [2.24, 2.45) is 11.0 Å². The molecule has 68 valence electrons. The number of nitroso groups, excluding NO2 is 1. The van der Waals surface area contributed by atoms with E-state index in [1.165, 1.54) is 0 Å². The molecule has 13 heavy (non-hydrogen) atoms. The lowest BCUT2D eigenvalue weighted by Gasteiger charge is -2.11. The van der Waals surface area contributed by atoms with Gasteiger partial charge in [0.05, 0.1) is 11.0 Å². The van der Waals surface area contributed by atoms with Crippen molar-refractivity contribution in [1.29, 1.82) is 0 Å². The zero-order chi connectivity index (χ0) is 9.84. The molecule has 1 rings (SSSR count). The minimum atomic E-state index is -0.885. The Morgan fingerprint density at radius 3 is 2.54 bits per heavy atom. The molecule has 2 amide bonds. The van der Waals surface area contributed by atoms with Gasteiger partial charge in [-0.15, -0.1) is 9.92 Å². The van der Waals surface area contributed by atoms with E-state index in [9.17, 15) is 9.70 Å². The topological polar surface area (TPSA) is 75.8 Å². The minimum absolute atomic E-state index is 0.407. The first-order valence-corrected chi connectivity index (χ1v) is 3.65. The Morgan fingerprint density at radius 1 is 1.46 bits per heavy atom. The second-order valence-corrected chi connectivity index (χ2v) is 2.52. The first-order chi connectivity index (χ1) is 6.16. The minimum Gasteiger partial charge on any atom is -0.350 e. The second kappa shape index (κ2) is 3.66. The van der Waals surface area contributed by atoms with Crippen LogP contribution in [0.3, 0.4) is 0 Å². The summed E-state index contributed by atoms with van der Waals surface area (Å²) >= 11 is 0. The first kappa shape index (κ1) is 9.18. The van der Waals surface area contributed by atoms with Crippen LogP contribution in [0.2, 0.25) is 0 Å². The third-order valence-corrected chi connectivity index (χ3v) is 1.63. The van der Waals surface area contributed by atoms with Gasteiger partial charge in [0.15, 0.2) is 0 Å². The molecule has 0 atom stereocenters. The van der Waals surface area contributed by atoms with Crippen LogP contribution in [0, 0.1) is 11.8 Å². The molecule has 0 radical (unpaired) electrons. The van der Waals surface area contributed by atoms with E-state index < -0.39 is 6.03 Å². The number of carbonyl (C=O) groups is 1. The first-order valence-electron chi connectivity index (χ1n) is 3.65. The third-order valence-electron chi connectivity index (χ3n) is 1.63. The van der Waals surface area contributed by atoms with Crippen LogP contribution in [-0.4, -0.2) is 6.03 Å². The van der Waals surface area contributed by atoms with Gasteiger partial charge in [-0.05, 0) is 18.6 Å². The maximum atomic E-state index is 10.7. The molecule has 1 aromatic rings. The number of hydrogen-bond donors (Lipinski definition) is 1. The fraction of sp³-hybridized carbons (Fsp3) is 0.125. The Bertz CT molecular complexity index is 338. The van der Waals surface area contributed by atoms with Crippen molar-refractivity contribution >= 4 is 11.7 Å². The predicted octanol–water partition coefficient (Wildman–Crippen LogP) is 1.56. The number of benzene rings is 1. The Hall–Kier alpha value is -1.91. The number of rotatable bonds is 2. The van der Waals surface area contributed by atoms with Crippen LogP contribution in [0.4, 0.5) is 10.5 Å². The number of anilines is 1. The maximum Gasteiger partial charge on any atom is 0.342 e. The highest BCUT2D eigenvalue weighted by atomic mass is 16.3. The zero-order valence-electron chi connectivity index (χ0n) is 7.10. The largest absolute Gasteiger partial charge is 0.350 e. The van der Waals surface area contributed by atoms with Gasteiger partial charge in [-0.1, -0.05) is 18.2 Å². The molecule has 0 aliphatic heterocycles. The van der Waals surface area contributed by atoms with Crippen LogP contribution >= 0.6 is 0 Å². The van der Waals surface area contributed by atoms with Crippen LogP contribution in [0.25, 0.3) is 0 Å². The summed E-state index contributed by atoms with van der Waals surface area (Å²) in [4.78, 5) is 21.0. The van der Waals surface area contributed by atoms with E-state index in [2.05, 4.69) is 5.29 Å². The van der Waals surface area contributed by atoms with Crippen molar-refractivity contribution in [3.8, 4) is 0 Å². The summed E-state index contributed by atoms with van der Waals surface area (Å²) in [6.07, 6.45) is 0. The van der Waals surface area contributed by atoms with Crippen molar-refractivity contribution in [2.75, 3.05) is 5.01 Å². The molecule has 1 aromatic carbocycles. The Morgan fingerprint density at radius 2 is 2.08 bits per heavy atom. The summed E-state index contributed by atoms with van der Waals surface area (Å²) in [6.45, 7) is 1.76. The number of hydrogen-bond acceptors (Lipinski definition) is 3. The number of aryl methyl sites for hydroxylation is 1. The Balaban J connectivity index is 3.12. The average molecular weight is 179 g/mol. The molecule has 0 aromatic heterocycles. The van der Waals surface area contributed by atoms with Gasteiger partial charge in [0.1, 0.15) is 0 Å². The number of para-hydroxylation sites is 1. The predicted molar refractivity (Wildman–Crippen MR) is 49.0 cm³/mol. The molecule has 0 fully saturated rings. The third kappa shape index (κ3) is 1.81. The molecular weight excluding hydrogens is 170 g/mol. The fourth-order valence-electron chi connectivity index (χ4n) is 1.00. The number of carbonyl (C=O) groups excluding carboxylic acids is 1. The van der Waals surface area contributed by atoms with E-state index >= 15 is 0 Å². The lowest BCUT2D eigenvalue weighted by atomic mass is 10.2. The Kier molecular flexibility index (Phi) is 2.59. The standard InChI is InChI=1S/C8H9N3O2/c1-6-4-2-3-5-7(6)11(10-13)8(9)12/h2-5H,1H3,(H2,9,12). The summed E-state index contributed by atoms with van der Waals surface area (Å²) in [5.74, 6) is 0. The van der Waals surface area contributed by atoms with Crippen molar-refractivity contribution in [2.45, 2.75) is 6.92 Å². The van der Waals surface area contributed by atoms with Crippen LogP contribution in [0.15, 0.2) is 29.6 Å². The number of nitrogens with two attached hydrogens (primary N) is 1. The lowest BCUT2D eigenvalue weighted by Crippen LogP contribution is -2.30. The summed E-state index contributed by atoms with van der Waals surface area (Å²) in [5, 5.41) is 3.15.